The molecular formula is C65H114O6. The van der Waals surface area contributed by atoms with Crippen LogP contribution in [0.25, 0.3) is 0 Å². The third-order valence-corrected chi connectivity index (χ3v) is 13.2. The zero-order valence-corrected chi connectivity index (χ0v) is 47.0. The van der Waals surface area contributed by atoms with E-state index in [-0.39, 0.29) is 31.1 Å². The number of hydrogen-bond donors (Lipinski definition) is 0. The fraction of sp³-hybridized carbons (Fsp3) is 0.769. The van der Waals surface area contributed by atoms with Gasteiger partial charge >= 0.3 is 17.9 Å². The van der Waals surface area contributed by atoms with Gasteiger partial charge in [0.2, 0.25) is 0 Å². The van der Waals surface area contributed by atoms with E-state index >= 15 is 0 Å². The lowest BCUT2D eigenvalue weighted by Crippen LogP contribution is -2.30. The van der Waals surface area contributed by atoms with Crippen molar-refractivity contribution in [3.8, 4) is 0 Å². The van der Waals surface area contributed by atoms with Crippen molar-refractivity contribution < 1.29 is 28.6 Å². The van der Waals surface area contributed by atoms with Gasteiger partial charge < -0.3 is 14.2 Å². The van der Waals surface area contributed by atoms with Crippen LogP contribution in [-0.2, 0) is 28.6 Å². The lowest BCUT2D eigenvalue weighted by Gasteiger charge is -2.18. The Hall–Kier alpha value is -3.15. The van der Waals surface area contributed by atoms with Crippen LogP contribution in [0, 0.1) is 0 Å². The summed E-state index contributed by atoms with van der Waals surface area (Å²) in [5.74, 6) is -0.886. The summed E-state index contributed by atoms with van der Waals surface area (Å²) in [6.07, 6.45) is 76.1. The molecule has 0 aliphatic heterocycles. The zero-order chi connectivity index (χ0) is 51.4. The highest BCUT2D eigenvalue weighted by atomic mass is 16.6. The molecule has 0 aliphatic carbocycles. The first-order valence-corrected chi connectivity index (χ1v) is 30.4. The van der Waals surface area contributed by atoms with E-state index in [4.69, 9.17) is 14.2 Å². The molecular weight excluding hydrogens is 877 g/mol. The third kappa shape index (κ3) is 57.6. The Morgan fingerprint density at radius 2 is 0.549 bits per heavy atom. The number of allylic oxidation sites excluding steroid dienone is 12. The fourth-order valence-corrected chi connectivity index (χ4v) is 8.64. The molecule has 0 saturated heterocycles. The van der Waals surface area contributed by atoms with Crippen LogP contribution >= 0.6 is 0 Å². The van der Waals surface area contributed by atoms with E-state index in [1.165, 1.54) is 161 Å². The van der Waals surface area contributed by atoms with Gasteiger partial charge in [0.05, 0.1) is 0 Å². The lowest BCUT2D eigenvalue weighted by molar-refractivity contribution is -0.167. The van der Waals surface area contributed by atoms with Crippen LogP contribution in [0.5, 0.6) is 0 Å². The second kappa shape index (κ2) is 59.4. The maximum Gasteiger partial charge on any atom is 0.306 e. The summed E-state index contributed by atoms with van der Waals surface area (Å²) in [6.45, 7) is 6.53. The number of hydrogen-bond acceptors (Lipinski definition) is 6. The molecule has 0 bridgehead atoms. The van der Waals surface area contributed by atoms with Crippen molar-refractivity contribution in [3.63, 3.8) is 0 Å². The first-order chi connectivity index (χ1) is 35.0. The molecule has 0 aromatic carbocycles. The van der Waals surface area contributed by atoms with Gasteiger partial charge in [-0.15, -0.1) is 0 Å². The molecule has 0 spiro atoms. The topological polar surface area (TPSA) is 78.9 Å². The van der Waals surface area contributed by atoms with Crippen molar-refractivity contribution >= 4 is 17.9 Å². The Bertz CT molecular complexity index is 1320. The van der Waals surface area contributed by atoms with Crippen LogP contribution in [-0.4, -0.2) is 37.2 Å². The summed E-state index contributed by atoms with van der Waals surface area (Å²) in [5, 5.41) is 0. The van der Waals surface area contributed by atoms with Gasteiger partial charge in [0.15, 0.2) is 6.10 Å². The molecule has 0 amide bonds. The molecule has 6 nitrogen and oxygen atoms in total. The molecule has 0 N–H and O–H groups in total. The highest BCUT2D eigenvalue weighted by Gasteiger charge is 2.19. The summed E-state index contributed by atoms with van der Waals surface area (Å²) in [4.78, 5) is 38.2. The molecule has 71 heavy (non-hydrogen) atoms. The number of carbonyl (C=O) groups is 3. The monoisotopic (exact) mass is 991 g/mol. The average Bonchev–Trinajstić information content (AvgIpc) is 3.37. The van der Waals surface area contributed by atoms with Crippen molar-refractivity contribution in [1.82, 2.24) is 0 Å². The molecule has 0 aromatic rings. The molecule has 0 aliphatic rings. The molecule has 0 rings (SSSR count). The number of carbonyl (C=O) groups excluding carboxylic acids is 3. The van der Waals surface area contributed by atoms with Gasteiger partial charge in [-0.3, -0.25) is 14.4 Å². The molecule has 1 atom stereocenters. The van der Waals surface area contributed by atoms with Gasteiger partial charge in [-0.1, -0.05) is 267 Å². The average molecular weight is 992 g/mol. The van der Waals surface area contributed by atoms with E-state index in [1.54, 1.807) is 0 Å². The minimum absolute atomic E-state index is 0.0806. The minimum Gasteiger partial charge on any atom is -0.462 e. The maximum absolute atomic E-state index is 12.9. The zero-order valence-electron chi connectivity index (χ0n) is 47.0. The normalized spacial score (nSPS) is 12.5. The number of ether oxygens (including phenoxy) is 3. The van der Waals surface area contributed by atoms with E-state index in [0.29, 0.717) is 19.3 Å². The molecule has 1 unspecified atom stereocenters. The van der Waals surface area contributed by atoms with E-state index in [9.17, 15) is 14.4 Å². The quantitative estimate of drug-likeness (QED) is 0.0261. The van der Waals surface area contributed by atoms with Crippen LogP contribution in [0.1, 0.15) is 303 Å². The van der Waals surface area contributed by atoms with Gasteiger partial charge in [0.1, 0.15) is 13.2 Å². The summed E-state index contributed by atoms with van der Waals surface area (Å²) in [6, 6.07) is 0. The van der Waals surface area contributed by atoms with E-state index in [1.807, 2.05) is 0 Å². The van der Waals surface area contributed by atoms with Crippen molar-refractivity contribution in [3.05, 3.63) is 72.9 Å². The highest BCUT2D eigenvalue weighted by Crippen LogP contribution is 2.16. The van der Waals surface area contributed by atoms with Crippen molar-refractivity contribution in [2.24, 2.45) is 0 Å². The van der Waals surface area contributed by atoms with Crippen molar-refractivity contribution in [2.45, 2.75) is 309 Å². The molecule has 0 heterocycles. The molecule has 0 saturated carbocycles. The smallest absolute Gasteiger partial charge is 0.306 e. The van der Waals surface area contributed by atoms with E-state index in [0.717, 1.165) is 103 Å². The van der Waals surface area contributed by atoms with Gasteiger partial charge in [0.25, 0.3) is 0 Å². The van der Waals surface area contributed by atoms with E-state index < -0.39 is 6.10 Å². The summed E-state index contributed by atoms with van der Waals surface area (Å²) < 4.78 is 16.9. The van der Waals surface area contributed by atoms with Crippen LogP contribution < -0.4 is 0 Å². The SMILES string of the molecule is CC/C=C\C/C=C\C/C=C\C/C=C\C/C=C\CCCCCCCCCC(=O)OCC(COC(=O)CCCCCCC/C=C\CCCCCC)OC(=O)CCCCCCCCCCCCCCCCCCC. The minimum atomic E-state index is -0.782. The van der Waals surface area contributed by atoms with Gasteiger partial charge in [0, 0.05) is 19.3 Å². The standard InChI is InChI=1S/C65H114O6/c1-4-7-10-13-16-19-22-25-27-29-30-31-32-33-34-36-37-40-43-46-49-52-55-58-64(67)70-61-62(60-69-63(66)57-54-51-48-45-42-39-24-21-18-15-12-9-6-3)71-65(68)59-56-53-50-47-44-41-38-35-28-26-23-20-17-14-11-8-5-2/h7,10,16,19,21,24-25,27,30-31,33-34,62H,4-6,8-9,11-15,17-18,20,22-23,26,28-29,32,35-61H2,1-3H3/b10-7-,19-16-,24-21-,27-25-,31-30-,34-33-. The van der Waals surface area contributed by atoms with Crippen LogP contribution in [0.3, 0.4) is 0 Å². The third-order valence-electron chi connectivity index (χ3n) is 13.2. The maximum atomic E-state index is 12.9. The van der Waals surface area contributed by atoms with Gasteiger partial charge in [-0.25, -0.2) is 0 Å². The van der Waals surface area contributed by atoms with Crippen LogP contribution in [0.15, 0.2) is 72.9 Å². The lowest BCUT2D eigenvalue weighted by atomic mass is 10.0. The fourth-order valence-electron chi connectivity index (χ4n) is 8.64. The molecule has 410 valence electrons. The Kier molecular flexibility index (Phi) is 56.8. The van der Waals surface area contributed by atoms with Crippen molar-refractivity contribution in [2.75, 3.05) is 13.2 Å². The first kappa shape index (κ1) is 67.8. The second-order valence-corrected chi connectivity index (χ2v) is 20.2. The predicted octanol–water partition coefficient (Wildman–Crippen LogP) is 20.5. The molecule has 0 aromatic heterocycles. The Labute approximate surface area is 440 Å². The summed E-state index contributed by atoms with van der Waals surface area (Å²) in [7, 11) is 0. The molecule has 0 radical (unpaired) electrons. The van der Waals surface area contributed by atoms with Gasteiger partial charge in [-0.05, 0) is 89.9 Å². The second-order valence-electron chi connectivity index (χ2n) is 20.2. The number of unbranched alkanes of at least 4 members (excludes halogenated alkanes) is 32. The molecule has 0 fully saturated rings. The number of esters is 3. The predicted molar refractivity (Wildman–Crippen MR) is 307 cm³/mol. The summed E-state index contributed by atoms with van der Waals surface area (Å²) in [5.41, 5.74) is 0. The first-order valence-electron chi connectivity index (χ1n) is 30.4. The summed E-state index contributed by atoms with van der Waals surface area (Å²) >= 11 is 0. The molecule has 6 heteroatoms. The number of rotatable bonds is 55. The van der Waals surface area contributed by atoms with Crippen LogP contribution in [0.4, 0.5) is 0 Å². The van der Waals surface area contributed by atoms with Crippen molar-refractivity contribution in [1.29, 1.82) is 0 Å². The van der Waals surface area contributed by atoms with Gasteiger partial charge in [-0.2, -0.15) is 0 Å². The Balaban J connectivity index is 4.35. The Morgan fingerprint density at radius 3 is 0.887 bits per heavy atom. The van der Waals surface area contributed by atoms with E-state index in [2.05, 4.69) is 93.7 Å². The van der Waals surface area contributed by atoms with Crippen LogP contribution in [0.2, 0.25) is 0 Å². The highest BCUT2D eigenvalue weighted by molar-refractivity contribution is 5.71. The largest absolute Gasteiger partial charge is 0.462 e. The Morgan fingerprint density at radius 1 is 0.296 bits per heavy atom.